The number of para-hydroxylation sites is 1. The number of nitrogens with zero attached hydrogens (tertiary/aromatic N) is 4. The number of ether oxygens (including phenoxy) is 1. The fourth-order valence-electron chi connectivity index (χ4n) is 8.38. The lowest BCUT2D eigenvalue weighted by atomic mass is 9.45. The van der Waals surface area contributed by atoms with E-state index >= 15 is 0 Å². The second-order valence-electron chi connectivity index (χ2n) is 14.6. The van der Waals surface area contributed by atoms with Crippen molar-refractivity contribution in [2.45, 2.75) is 71.4 Å². The SMILES string of the molecule is COc1c(CN2O[C@@H](CO)[C@@H]([C@H](C)O)[C@H]2C(=O)N[C@H]2C[C@H]3C[C@@H]([C@@H]2C)C3(C)C)cccc1-c1cc(C(=O)Nc2nncs2)cc(N(C)C)c1. The zero-order chi connectivity index (χ0) is 35.2. The molecule has 1 aromatic heterocycles. The first-order valence-electron chi connectivity index (χ1n) is 16.9. The molecule has 4 fully saturated rings. The van der Waals surface area contributed by atoms with Crippen molar-refractivity contribution in [3.63, 3.8) is 0 Å². The first-order valence-corrected chi connectivity index (χ1v) is 17.8. The minimum Gasteiger partial charge on any atom is -0.496 e. The van der Waals surface area contributed by atoms with Gasteiger partial charge < -0.3 is 25.2 Å². The Labute approximate surface area is 291 Å². The van der Waals surface area contributed by atoms with Crippen LogP contribution in [0.4, 0.5) is 10.8 Å². The van der Waals surface area contributed by atoms with E-state index in [0.29, 0.717) is 34.2 Å². The number of carbonyl (C=O) groups is 2. The Morgan fingerprint density at radius 3 is 2.61 bits per heavy atom. The molecule has 3 saturated carbocycles. The van der Waals surface area contributed by atoms with Crippen molar-refractivity contribution in [2.75, 3.05) is 38.0 Å². The first kappa shape index (κ1) is 35.2. The lowest BCUT2D eigenvalue weighted by Gasteiger charge is -2.62. The molecule has 7 rings (SSSR count). The molecule has 264 valence electrons. The van der Waals surface area contributed by atoms with Gasteiger partial charge in [0.1, 0.15) is 23.4 Å². The third-order valence-corrected chi connectivity index (χ3v) is 11.9. The molecule has 0 spiro atoms. The van der Waals surface area contributed by atoms with Gasteiger partial charge in [0, 0.05) is 48.4 Å². The molecule has 2 heterocycles. The number of hydroxylamine groups is 2. The molecule has 1 aliphatic heterocycles. The van der Waals surface area contributed by atoms with Crippen molar-refractivity contribution in [2.24, 2.45) is 29.1 Å². The van der Waals surface area contributed by atoms with E-state index < -0.39 is 24.2 Å². The second kappa shape index (κ2) is 13.9. The van der Waals surface area contributed by atoms with Gasteiger partial charge in [-0.05, 0) is 66.7 Å². The van der Waals surface area contributed by atoms with E-state index in [2.05, 4.69) is 41.6 Å². The number of rotatable bonds is 11. The fourth-order valence-corrected chi connectivity index (χ4v) is 8.82. The van der Waals surface area contributed by atoms with Crippen molar-refractivity contribution in [1.29, 1.82) is 0 Å². The molecule has 3 aromatic rings. The molecule has 12 nitrogen and oxygen atoms in total. The number of aliphatic hydroxyl groups is 2. The highest BCUT2D eigenvalue weighted by atomic mass is 32.1. The molecule has 4 aliphatic rings. The summed E-state index contributed by atoms with van der Waals surface area (Å²) in [5.74, 6) is 0.844. The zero-order valence-electron chi connectivity index (χ0n) is 29.2. The van der Waals surface area contributed by atoms with Gasteiger partial charge in [0.2, 0.25) is 11.0 Å². The number of hydrogen-bond acceptors (Lipinski definition) is 11. The topological polar surface area (TPSA) is 149 Å². The molecule has 49 heavy (non-hydrogen) atoms. The van der Waals surface area contributed by atoms with E-state index in [9.17, 15) is 19.8 Å². The fraction of sp³-hybridized carbons (Fsp3) is 0.556. The van der Waals surface area contributed by atoms with Crippen molar-refractivity contribution in [3.8, 4) is 16.9 Å². The Morgan fingerprint density at radius 1 is 1.22 bits per heavy atom. The number of hydrogen-bond donors (Lipinski definition) is 4. The smallest absolute Gasteiger partial charge is 0.257 e. The zero-order valence-corrected chi connectivity index (χ0v) is 30.0. The molecular weight excluding hydrogens is 644 g/mol. The van der Waals surface area contributed by atoms with Crippen LogP contribution in [0.3, 0.4) is 0 Å². The van der Waals surface area contributed by atoms with Crippen LogP contribution in [0.2, 0.25) is 0 Å². The summed E-state index contributed by atoms with van der Waals surface area (Å²) in [5, 5.41) is 37.0. The summed E-state index contributed by atoms with van der Waals surface area (Å²) in [7, 11) is 5.40. The van der Waals surface area contributed by atoms with Crippen LogP contribution >= 0.6 is 11.3 Å². The third kappa shape index (κ3) is 6.66. The molecule has 8 atom stereocenters. The van der Waals surface area contributed by atoms with Crippen LogP contribution in [0.15, 0.2) is 41.9 Å². The standard InChI is InChI=1S/C36H48N6O6S/c1-19-27-14-24(36(27,3)4)15-28(19)38-34(46)31-30(20(2)44)29(17-43)48-42(31)16-21-9-8-10-26(32(21)47-7)22-11-23(13-25(12-22)41(5)6)33(45)39-35-40-37-18-49-35/h8-13,18-20,24,27-31,43-44H,14-17H2,1-7H3,(H,38,46)(H,39,40,45)/t19-,20-,24+,27-,28-,29-,30+,31-/m0/s1. The quantitative estimate of drug-likeness (QED) is 0.231. The van der Waals surface area contributed by atoms with Gasteiger partial charge in [-0.25, -0.2) is 0 Å². The summed E-state index contributed by atoms with van der Waals surface area (Å²) < 4.78 is 6.01. The van der Waals surface area contributed by atoms with Gasteiger partial charge in [0.15, 0.2) is 0 Å². The van der Waals surface area contributed by atoms with E-state index in [-0.39, 0.29) is 36.4 Å². The number of benzene rings is 2. The van der Waals surface area contributed by atoms with E-state index in [1.54, 1.807) is 36.7 Å². The molecule has 2 aromatic carbocycles. The number of methoxy groups -OCH3 is 1. The number of amides is 2. The molecular formula is C36H48N6O6S. The second-order valence-corrected chi connectivity index (χ2v) is 15.4. The number of aliphatic hydroxyl groups excluding tert-OH is 2. The molecule has 13 heteroatoms. The summed E-state index contributed by atoms with van der Waals surface area (Å²) in [6.07, 6.45) is 0.466. The number of fused-ring (bicyclic) bond motifs is 2. The van der Waals surface area contributed by atoms with Gasteiger partial charge in [-0.15, -0.1) is 10.2 Å². The minimum absolute atomic E-state index is 0.0362. The molecule has 2 bridgehead atoms. The monoisotopic (exact) mass is 692 g/mol. The minimum atomic E-state index is -0.902. The van der Waals surface area contributed by atoms with E-state index in [4.69, 9.17) is 9.57 Å². The van der Waals surface area contributed by atoms with Gasteiger partial charge in [0.05, 0.1) is 26.4 Å². The summed E-state index contributed by atoms with van der Waals surface area (Å²) in [5.41, 5.74) is 5.33. The third-order valence-electron chi connectivity index (χ3n) is 11.3. The lowest BCUT2D eigenvalue weighted by Crippen LogP contribution is -2.62. The first-order chi connectivity index (χ1) is 23.3. The van der Waals surface area contributed by atoms with Crippen molar-refractivity contribution in [3.05, 3.63) is 53.0 Å². The van der Waals surface area contributed by atoms with Crippen molar-refractivity contribution < 1.29 is 29.4 Å². The number of carbonyl (C=O) groups excluding carboxylic acids is 2. The van der Waals surface area contributed by atoms with Crippen molar-refractivity contribution >= 4 is 34.0 Å². The molecule has 0 unspecified atom stereocenters. The highest BCUT2D eigenvalue weighted by Gasteiger charge is 2.57. The Hall–Kier alpha value is -3.62. The van der Waals surface area contributed by atoms with Crippen LogP contribution in [0.25, 0.3) is 11.1 Å². The Morgan fingerprint density at radius 2 is 2.00 bits per heavy atom. The maximum absolute atomic E-state index is 14.2. The van der Waals surface area contributed by atoms with Crippen LogP contribution in [0, 0.1) is 29.1 Å². The highest BCUT2D eigenvalue weighted by molar-refractivity contribution is 7.13. The van der Waals surface area contributed by atoms with E-state index in [1.165, 1.54) is 17.8 Å². The van der Waals surface area contributed by atoms with Crippen LogP contribution in [0.1, 0.15) is 56.5 Å². The van der Waals surface area contributed by atoms with Crippen LogP contribution < -0.4 is 20.3 Å². The summed E-state index contributed by atoms with van der Waals surface area (Å²) in [6.45, 7) is 8.34. The molecule has 1 saturated heterocycles. The van der Waals surface area contributed by atoms with Crippen LogP contribution in [-0.4, -0.2) is 89.4 Å². The number of anilines is 2. The summed E-state index contributed by atoms with van der Waals surface area (Å²) in [6, 6.07) is 10.5. The predicted octanol–water partition coefficient (Wildman–Crippen LogP) is 4.19. The van der Waals surface area contributed by atoms with E-state index in [1.807, 2.05) is 43.3 Å². The molecule has 2 amide bonds. The molecule has 4 N–H and O–H groups in total. The Bertz CT molecular complexity index is 1670. The molecule has 0 radical (unpaired) electrons. The Balaban J connectivity index is 1.30. The van der Waals surface area contributed by atoms with Gasteiger partial charge in [0.25, 0.3) is 5.91 Å². The van der Waals surface area contributed by atoms with Gasteiger partial charge in [-0.3, -0.25) is 19.7 Å². The van der Waals surface area contributed by atoms with Crippen LogP contribution in [0.5, 0.6) is 5.75 Å². The highest BCUT2D eigenvalue weighted by Crippen LogP contribution is 2.61. The summed E-state index contributed by atoms with van der Waals surface area (Å²) in [4.78, 5) is 35.6. The van der Waals surface area contributed by atoms with Gasteiger partial charge in [-0.1, -0.05) is 50.3 Å². The maximum Gasteiger partial charge on any atom is 0.257 e. The maximum atomic E-state index is 14.2. The number of aromatic nitrogens is 2. The van der Waals surface area contributed by atoms with Gasteiger partial charge >= 0.3 is 0 Å². The average Bonchev–Trinajstić information content (AvgIpc) is 3.72. The van der Waals surface area contributed by atoms with Gasteiger partial charge in [-0.2, -0.15) is 5.06 Å². The normalized spacial score (nSPS) is 28.0. The average molecular weight is 693 g/mol. The lowest BCUT2D eigenvalue weighted by molar-refractivity contribution is -0.183. The van der Waals surface area contributed by atoms with Crippen LogP contribution in [-0.2, 0) is 16.2 Å². The summed E-state index contributed by atoms with van der Waals surface area (Å²) >= 11 is 1.24. The Kier molecular flexibility index (Phi) is 10.0. The predicted molar refractivity (Wildman–Crippen MR) is 188 cm³/mol. The van der Waals surface area contributed by atoms with E-state index in [0.717, 1.165) is 28.8 Å². The largest absolute Gasteiger partial charge is 0.496 e. The molecule has 3 aliphatic carbocycles. The number of nitrogens with one attached hydrogen (secondary N) is 2. The van der Waals surface area contributed by atoms with Crippen molar-refractivity contribution in [1.82, 2.24) is 20.6 Å².